The van der Waals surface area contributed by atoms with E-state index in [4.69, 9.17) is 4.74 Å². The molecule has 34 heavy (non-hydrogen) atoms. The predicted molar refractivity (Wildman–Crippen MR) is 131 cm³/mol. The van der Waals surface area contributed by atoms with Crippen LogP contribution in [0.1, 0.15) is 17.8 Å². The Balaban J connectivity index is 1.31. The number of para-hydroxylation sites is 4. The van der Waals surface area contributed by atoms with Gasteiger partial charge in [-0.15, -0.1) is 0 Å². The Bertz CT molecular complexity index is 1320. The molecular formula is C27H26N4O3. The number of anilines is 1. The van der Waals surface area contributed by atoms with Gasteiger partial charge in [-0.3, -0.25) is 9.59 Å². The number of imidazole rings is 1. The molecular weight excluding hydrogens is 428 g/mol. The first-order valence-corrected chi connectivity index (χ1v) is 11.5. The van der Waals surface area contributed by atoms with Gasteiger partial charge in [-0.05, 0) is 48.7 Å². The summed E-state index contributed by atoms with van der Waals surface area (Å²) >= 11 is 0. The Morgan fingerprint density at radius 1 is 0.941 bits per heavy atom. The lowest BCUT2D eigenvalue weighted by Gasteiger charge is -2.29. The normalized spacial score (nSPS) is 12.9. The fourth-order valence-electron chi connectivity index (χ4n) is 4.34. The van der Waals surface area contributed by atoms with E-state index in [0.717, 1.165) is 29.6 Å². The third-order valence-electron chi connectivity index (χ3n) is 6.00. The predicted octanol–water partition coefficient (Wildman–Crippen LogP) is 3.71. The van der Waals surface area contributed by atoms with Crippen LogP contribution in [-0.4, -0.2) is 34.5 Å². The highest BCUT2D eigenvalue weighted by Crippen LogP contribution is 2.27. The third-order valence-corrected chi connectivity index (χ3v) is 6.00. The lowest BCUT2D eigenvalue weighted by Crippen LogP contribution is -2.38. The van der Waals surface area contributed by atoms with Crippen LogP contribution in [0, 0.1) is 0 Å². The van der Waals surface area contributed by atoms with Crippen LogP contribution in [0.5, 0.6) is 5.75 Å². The van der Waals surface area contributed by atoms with Gasteiger partial charge in [0.05, 0.1) is 17.6 Å². The minimum absolute atomic E-state index is 0.00953. The van der Waals surface area contributed by atoms with Gasteiger partial charge < -0.3 is 19.5 Å². The molecule has 2 heterocycles. The minimum Gasteiger partial charge on any atom is -0.484 e. The average molecular weight is 455 g/mol. The van der Waals surface area contributed by atoms with Gasteiger partial charge in [0.1, 0.15) is 18.1 Å². The quantitative estimate of drug-likeness (QED) is 0.462. The molecule has 3 aromatic carbocycles. The largest absolute Gasteiger partial charge is 0.484 e. The van der Waals surface area contributed by atoms with E-state index in [-0.39, 0.29) is 31.5 Å². The highest BCUT2D eigenvalue weighted by Gasteiger charge is 2.24. The Kier molecular flexibility index (Phi) is 6.25. The summed E-state index contributed by atoms with van der Waals surface area (Å²) in [6.45, 7) is 0.967. The number of carbonyl (C=O) groups is 2. The van der Waals surface area contributed by atoms with Crippen molar-refractivity contribution in [1.82, 2.24) is 14.9 Å². The van der Waals surface area contributed by atoms with Gasteiger partial charge in [0.2, 0.25) is 5.91 Å². The molecule has 7 nitrogen and oxygen atoms in total. The van der Waals surface area contributed by atoms with Gasteiger partial charge in [0.25, 0.3) is 5.91 Å². The van der Waals surface area contributed by atoms with Crippen molar-refractivity contribution in [3.63, 3.8) is 0 Å². The van der Waals surface area contributed by atoms with Crippen molar-refractivity contribution in [1.29, 1.82) is 0 Å². The molecule has 0 fully saturated rings. The molecule has 0 bridgehead atoms. The number of ether oxygens (including phenoxy) is 1. The minimum atomic E-state index is -0.251. The second-order valence-corrected chi connectivity index (χ2v) is 8.26. The van der Waals surface area contributed by atoms with E-state index in [1.807, 2.05) is 70.1 Å². The van der Waals surface area contributed by atoms with E-state index in [1.165, 1.54) is 5.56 Å². The summed E-state index contributed by atoms with van der Waals surface area (Å²) in [5.41, 5.74) is 3.84. The Morgan fingerprint density at radius 2 is 1.71 bits per heavy atom. The molecule has 7 heteroatoms. The molecule has 0 unspecified atom stereocenters. The van der Waals surface area contributed by atoms with Crippen LogP contribution in [0.3, 0.4) is 0 Å². The van der Waals surface area contributed by atoms with E-state index in [0.29, 0.717) is 18.1 Å². The van der Waals surface area contributed by atoms with Crippen LogP contribution >= 0.6 is 0 Å². The lowest BCUT2D eigenvalue weighted by molar-refractivity contribution is -0.123. The Morgan fingerprint density at radius 3 is 2.59 bits per heavy atom. The van der Waals surface area contributed by atoms with Crippen LogP contribution in [0.15, 0.2) is 78.9 Å². The maximum atomic E-state index is 13.4. The third kappa shape index (κ3) is 4.64. The molecule has 0 aliphatic carbocycles. The maximum Gasteiger partial charge on any atom is 0.258 e. The van der Waals surface area contributed by atoms with Gasteiger partial charge in [0, 0.05) is 12.2 Å². The molecule has 0 spiro atoms. The van der Waals surface area contributed by atoms with E-state index in [1.54, 1.807) is 12.1 Å². The molecule has 0 saturated heterocycles. The number of benzene rings is 3. The summed E-state index contributed by atoms with van der Waals surface area (Å²) in [5, 5.41) is 2.87. The van der Waals surface area contributed by atoms with Crippen molar-refractivity contribution in [2.75, 3.05) is 18.1 Å². The van der Waals surface area contributed by atoms with Crippen molar-refractivity contribution < 1.29 is 14.3 Å². The summed E-state index contributed by atoms with van der Waals surface area (Å²) in [5.74, 6) is 1.03. The zero-order valence-electron chi connectivity index (χ0n) is 18.8. The number of fused-ring (bicyclic) bond motifs is 2. The SMILES string of the molecule is O=C(COc1ccccc1)NCc1nc2ccccc2n1CC(=O)N1CCCc2ccccc21. The van der Waals surface area contributed by atoms with E-state index in [2.05, 4.69) is 16.4 Å². The van der Waals surface area contributed by atoms with Crippen LogP contribution in [0.25, 0.3) is 11.0 Å². The summed E-state index contributed by atoms with van der Waals surface area (Å²) in [6, 6.07) is 25.0. The molecule has 1 N–H and O–H groups in total. The number of nitrogens with one attached hydrogen (secondary N) is 1. The van der Waals surface area contributed by atoms with Gasteiger partial charge in [0.15, 0.2) is 6.61 Å². The molecule has 2 amide bonds. The van der Waals surface area contributed by atoms with Crippen molar-refractivity contribution in [3.8, 4) is 5.75 Å². The van der Waals surface area contributed by atoms with Crippen LogP contribution in [0.2, 0.25) is 0 Å². The number of aromatic nitrogens is 2. The van der Waals surface area contributed by atoms with Crippen LogP contribution in [-0.2, 0) is 29.1 Å². The van der Waals surface area contributed by atoms with Gasteiger partial charge in [-0.1, -0.05) is 48.5 Å². The van der Waals surface area contributed by atoms with E-state index >= 15 is 0 Å². The first kappa shape index (κ1) is 21.7. The first-order valence-electron chi connectivity index (χ1n) is 11.5. The molecule has 4 aromatic rings. The monoisotopic (exact) mass is 454 g/mol. The van der Waals surface area contributed by atoms with Gasteiger partial charge in [-0.25, -0.2) is 4.98 Å². The number of rotatable bonds is 7. The number of nitrogens with zero attached hydrogens (tertiary/aromatic N) is 3. The summed E-state index contributed by atoms with van der Waals surface area (Å²) in [6.07, 6.45) is 1.92. The lowest BCUT2D eigenvalue weighted by atomic mass is 10.0. The Labute approximate surface area is 198 Å². The molecule has 172 valence electrons. The molecule has 1 aliphatic heterocycles. The number of carbonyl (C=O) groups excluding carboxylic acids is 2. The molecule has 0 radical (unpaired) electrons. The van der Waals surface area contributed by atoms with E-state index < -0.39 is 0 Å². The summed E-state index contributed by atoms with van der Waals surface area (Å²) < 4.78 is 7.42. The van der Waals surface area contributed by atoms with Crippen molar-refractivity contribution >= 4 is 28.5 Å². The topological polar surface area (TPSA) is 76.5 Å². The van der Waals surface area contributed by atoms with Crippen molar-refractivity contribution in [2.45, 2.75) is 25.9 Å². The molecule has 0 saturated carbocycles. The van der Waals surface area contributed by atoms with Gasteiger partial charge >= 0.3 is 0 Å². The highest BCUT2D eigenvalue weighted by atomic mass is 16.5. The first-order chi connectivity index (χ1) is 16.7. The van der Waals surface area contributed by atoms with Crippen LogP contribution < -0.4 is 15.0 Å². The molecule has 0 atom stereocenters. The summed E-state index contributed by atoms with van der Waals surface area (Å²) in [4.78, 5) is 32.3. The molecule has 1 aliphatic rings. The van der Waals surface area contributed by atoms with E-state index in [9.17, 15) is 9.59 Å². The zero-order chi connectivity index (χ0) is 23.3. The number of hydrogen-bond donors (Lipinski definition) is 1. The summed E-state index contributed by atoms with van der Waals surface area (Å²) in [7, 11) is 0. The fraction of sp³-hybridized carbons (Fsp3) is 0.222. The maximum absolute atomic E-state index is 13.4. The van der Waals surface area contributed by atoms with Crippen LogP contribution in [0.4, 0.5) is 5.69 Å². The average Bonchev–Trinajstić information content (AvgIpc) is 3.23. The second kappa shape index (κ2) is 9.79. The highest BCUT2D eigenvalue weighted by molar-refractivity contribution is 5.95. The van der Waals surface area contributed by atoms with Crippen molar-refractivity contribution in [3.05, 3.63) is 90.3 Å². The van der Waals surface area contributed by atoms with Crippen molar-refractivity contribution in [2.24, 2.45) is 0 Å². The Hall–Kier alpha value is -4.13. The molecule has 5 rings (SSSR count). The smallest absolute Gasteiger partial charge is 0.258 e. The number of amides is 2. The standard InChI is InChI=1S/C27H26N4O3/c32-26(19-34-21-11-2-1-3-12-21)28-17-25-29-22-13-5-7-15-24(22)31(25)18-27(33)30-16-8-10-20-9-4-6-14-23(20)30/h1-7,9,11-15H,8,10,16-19H2,(H,28,32). The second-order valence-electron chi connectivity index (χ2n) is 8.26. The zero-order valence-corrected chi connectivity index (χ0v) is 18.8. The molecule has 1 aromatic heterocycles. The fourth-order valence-corrected chi connectivity index (χ4v) is 4.34. The number of aryl methyl sites for hydroxylation is 1. The number of hydrogen-bond acceptors (Lipinski definition) is 4. The van der Waals surface area contributed by atoms with Gasteiger partial charge in [-0.2, -0.15) is 0 Å².